The molecule has 26 heavy (non-hydrogen) atoms. The van der Waals surface area contributed by atoms with Crippen LogP contribution >= 0.6 is 34.8 Å². The zero-order valence-corrected chi connectivity index (χ0v) is 15.2. The van der Waals surface area contributed by atoms with Crippen LogP contribution in [-0.4, -0.2) is 22.2 Å². The Morgan fingerprint density at radius 2 is 1.65 bits per heavy atom. The van der Waals surface area contributed by atoms with Gasteiger partial charge in [0.1, 0.15) is 0 Å². The highest BCUT2D eigenvalue weighted by molar-refractivity contribution is 6.34. The van der Waals surface area contributed by atoms with E-state index in [4.69, 9.17) is 39.9 Å². The van der Waals surface area contributed by atoms with Gasteiger partial charge in [0.15, 0.2) is 0 Å². The molecule has 5 nitrogen and oxygen atoms in total. The average molecular weight is 411 g/mol. The van der Waals surface area contributed by atoms with Gasteiger partial charge in [-0.15, -0.1) is 0 Å². The summed E-state index contributed by atoms with van der Waals surface area (Å²) in [5, 5.41) is 20.5. The average Bonchev–Trinajstić information content (AvgIpc) is 2.89. The highest BCUT2D eigenvalue weighted by Crippen LogP contribution is 2.38. The maximum absolute atomic E-state index is 12.3. The molecule has 0 radical (unpaired) electrons. The van der Waals surface area contributed by atoms with E-state index < -0.39 is 17.5 Å². The van der Waals surface area contributed by atoms with Gasteiger partial charge < -0.3 is 10.2 Å². The summed E-state index contributed by atoms with van der Waals surface area (Å²) in [5.41, 5.74) is -1.43. The molecule has 0 bridgehead atoms. The number of nitrogens with zero attached hydrogens (tertiary/aromatic N) is 1. The quantitative estimate of drug-likeness (QED) is 0.759. The van der Waals surface area contributed by atoms with Crippen molar-refractivity contribution in [2.75, 3.05) is 0 Å². The van der Waals surface area contributed by atoms with Crippen LogP contribution in [0.1, 0.15) is 5.56 Å². The van der Waals surface area contributed by atoms with Crippen LogP contribution in [0.4, 0.5) is 0 Å². The Hall–Kier alpha value is -2.34. The number of rotatable bonds is 4. The lowest BCUT2D eigenvalue weighted by Crippen LogP contribution is -2.34. The third-order valence-electron chi connectivity index (χ3n) is 3.95. The summed E-state index contributed by atoms with van der Waals surface area (Å²) in [4.78, 5) is 27.7. The van der Waals surface area contributed by atoms with Crippen LogP contribution in [0.5, 0.6) is 0 Å². The van der Waals surface area contributed by atoms with Crippen molar-refractivity contribution in [2.24, 2.45) is 4.99 Å². The predicted octanol–water partition coefficient (Wildman–Crippen LogP) is 3.05. The van der Waals surface area contributed by atoms with E-state index in [0.717, 1.165) is 6.08 Å². The fraction of sp³-hybridized carbons (Fsp3) is 0.0556. The molecule has 3 rings (SSSR count). The molecular formula is C18H10Cl3NO4. The molecule has 0 amide bonds. The van der Waals surface area contributed by atoms with Crippen molar-refractivity contribution in [1.82, 2.24) is 0 Å². The van der Waals surface area contributed by atoms with Gasteiger partial charge in [0.25, 0.3) is 0 Å². The van der Waals surface area contributed by atoms with Crippen molar-refractivity contribution in [3.05, 3.63) is 79.8 Å². The number of aliphatic carboxylic acids is 2. The van der Waals surface area contributed by atoms with Crippen molar-refractivity contribution < 1.29 is 19.8 Å². The molecule has 0 saturated heterocycles. The van der Waals surface area contributed by atoms with Crippen LogP contribution in [0, 0.1) is 0 Å². The van der Waals surface area contributed by atoms with Gasteiger partial charge in [0, 0.05) is 26.9 Å². The van der Waals surface area contributed by atoms with Crippen molar-refractivity contribution in [1.29, 1.82) is 0 Å². The second-order valence-corrected chi connectivity index (χ2v) is 6.78. The minimum absolute atomic E-state index is 0.131. The summed E-state index contributed by atoms with van der Waals surface area (Å²) in [6.45, 7) is 0. The zero-order chi connectivity index (χ0) is 19.1. The number of hydrogen-bond acceptors (Lipinski definition) is 3. The van der Waals surface area contributed by atoms with Crippen LogP contribution in [0.2, 0.25) is 15.1 Å². The van der Waals surface area contributed by atoms with E-state index in [2.05, 4.69) is 4.99 Å². The smallest absolute Gasteiger partial charge is 0.341 e. The first-order valence-electron chi connectivity index (χ1n) is 7.26. The molecule has 132 valence electrons. The highest BCUT2D eigenvalue weighted by Gasteiger charge is 2.46. The minimum atomic E-state index is -1.87. The number of carbonyl (C=O) groups is 2. The van der Waals surface area contributed by atoms with Crippen LogP contribution < -0.4 is 10.6 Å². The fourth-order valence-corrected chi connectivity index (χ4v) is 3.60. The molecule has 0 saturated carbocycles. The van der Waals surface area contributed by atoms with Crippen LogP contribution in [-0.2, 0) is 15.1 Å². The Morgan fingerprint density at radius 3 is 2.23 bits per heavy atom. The second-order valence-electron chi connectivity index (χ2n) is 5.50. The van der Waals surface area contributed by atoms with Gasteiger partial charge in [0.05, 0.1) is 10.4 Å². The summed E-state index contributed by atoms with van der Waals surface area (Å²) in [6, 6.07) is 9.05. The summed E-state index contributed by atoms with van der Waals surface area (Å²) in [6.07, 6.45) is 2.04. The van der Waals surface area contributed by atoms with E-state index in [1.807, 2.05) is 0 Å². The standard InChI is InChI=1S/C18H10Cl3NO4/c19-10-3-1-9(2-4-10)18(17(25)26)12(5-6-15(23)24)16-13(21)7-11(20)8-14(16)22-18/h1-8H,(H,23,24)(H,25,26). The first-order chi connectivity index (χ1) is 12.3. The van der Waals surface area contributed by atoms with Gasteiger partial charge in [-0.05, 0) is 35.9 Å². The van der Waals surface area contributed by atoms with Gasteiger partial charge in [0.2, 0.25) is 5.54 Å². The Labute approximate surface area is 162 Å². The van der Waals surface area contributed by atoms with E-state index in [-0.39, 0.29) is 21.0 Å². The number of halogens is 3. The highest BCUT2D eigenvalue weighted by atomic mass is 35.5. The van der Waals surface area contributed by atoms with Gasteiger partial charge in [-0.3, -0.25) is 4.99 Å². The summed E-state index contributed by atoms with van der Waals surface area (Å²) < 4.78 is 0. The molecule has 1 aliphatic heterocycles. The van der Waals surface area contributed by atoms with E-state index in [9.17, 15) is 14.7 Å². The fourth-order valence-electron chi connectivity index (χ4n) is 2.89. The Morgan fingerprint density at radius 1 is 1.00 bits per heavy atom. The lowest BCUT2D eigenvalue weighted by Gasteiger charge is -2.24. The number of hydrogen-bond donors (Lipinski definition) is 2. The van der Waals surface area contributed by atoms with E-state index in [0.29, 0.717) is 15.8 Å². The Balaban J connectivity index is 2.46. The number of carboxylic acids is 2. The van der Waals surface area contributed by atoms with Crippen LogP contribution in [0.3, 0.4) is 0 Å². The first kappa shape index (κ1) is 18.5. The largest absolute Gasteiger partial charge is 0.479 e. The lowest BCUT2D eigenvalue weighted by molar-refractivity contribution is -0.141. The zero-order valence-electron chi connectivity index (χ0n) is 12.9. The maximum Gasteiger partial charge on any atom is 0.341 e. The third-order valence-corrected chi connectivity index (χ3v) is 4.71. The number of fused-ring (bicyclic) bond motifs is 1. The molecule has 2 N–H and O–H groups in total. The molecular weight excluding hydrogens is 401 g/mol. The normalized spacial score (nSPS) is 18.7. The van der Waals surface area contributed by atoms with E-state index in [1.165, 1.54) is 42.5 Å². The molecule has 2 aromatic carbocycles. The van der Waals surface area contributed by atoms with Gasteiger partial charge in [-0.1, -0.05) is 46.9 Å². The Bertz CT molecular complexity index is 1080. The summed E-state index contributed by atoms with van der Waals surface area (Å²) >= 11 is 18.2. The van der Waals surface area contributed by atoms with Gasteiger partial charge >= 0.3 is 11.9 Å². The topological polar surface area (TPSA) is 87.0 Å². The van der Waals surface area contributed by atoms with Gasteiger partial charge in [-0.2, -0.15) is 0 Å². The van der Waals surface area contributed by atoms with Crippen LogP contribution in [0.25, 0.3) is 5.57 Å². The number of benzene rings is 2. The minimum Gasteiger partial charge on any atom is -0.479 e. The monoisotopic (exact) mass is 409 g/mol. The van der Waals surface area contributed by atoms with Crippen LogP contribution in [0.15, 0.2) is 53.5 Å². The molecule has 1 atom stereocenters. The second kappa shape index (κ2) is 6.76. The van der Waals surface area contributed by atoms with E-state index in [1.54, 1.807) is 0 Å². The molecule has 2 aromatic rings. The SMILES string of the molecule is O=C(O)C=CC1=c2c(Cl)cc(Cl)cc2=NC1(C(=O)O)c1ccc(Cl)cc1. The molecule has 1 aliphatic rings. The first-order valence-corrected chi connectivity index (χ1v) is 8.39. The Kier molecular flexibility index (Phi) is 4.80. The lowest BCUT2D eigenvalue weighted by atomic mass is 9.83. The van der Waals surface area contributed by atoms with E-state index >= 15 is 0 Å². The predicted molar refractivity (Wildman–Crippen MR) is 98.2 cm³/mol. The van der Waals surface area contributed by atoms with Crippen molar-refractivity contribution >= 4 is 52.3 Å². The number of carboxylic acid groups (broad SMARTS) is 2. The molecule has 0 aromatic heterocycles. The van der Waals surface area contributed by atoms with Crippen molar-refractivity contribution in [3.63, 3.8) is 0 Å². The molecule has 0 spiro atoms. The molecule has 1 unspecified atom stereocenters. The van der Waals surface area contributed by atoms with Crippen molar-refractivity contribution in [2.45, 2.75) is 5.54 Å². The van der Waals surface area contributed by atoms with Gasteiger partial charge in [-0.25, -0.2) is 9.59 Å². The molecule has 1 heterocycles. The third kappa shape index (κ3) is 2.98. The maximum atomic E-state index is 12.3. The molecule has 0 aliphatic carbocycles. The molecule has 0 fully saturated rings. The molecule has 8 heteroatoms. The van der Waals surface area contributed by atoms with Crippen molar-refractivity contribution in [3.8, 4) is 0 Å². The summed E-state index contributed by atoms with van der Waals surface area (Å²) in [7, 11) is 0. The summed E-state index contributed by atoms with van der Waals surface area (Å²) in [5.74, 6) is -2.51.